The van der Waals surface area contributed by atoms with Crippen LogP contribution < -0.4 is 0 Å². The molecule has 1 N–H and O–H groups in total. The zero-order chi connectivity index (χ0) is 16.4. The largest absolute Gasteiger partial charge is 0.481 e. The zero-order valence-corrected chi connectivity index (χ0v) is 13.4. The summed E-state index contributed by atoms with van der Waals surface area (Å²) < 4.78 is 5.68. The summed E-state index contributed by atoms with van der Waals surface area (Å²) >= 11 is 0. The van der Waals surface area contributed by atoms with Crippen molar-refractivity contribution >= 4 is 11.9 Å². The maximum absolute atomic E-state index is 12.5. The van der Waals surface area contributed by atoms with Crippen LogP contribution in [-0.4, -0.2) is 47.7 Å². The van der Waals surface area contributed by atoms with E-state index in [-0.39, 0.29) is 23.8 Å². The van der Waals surface area contributed by atoms with Gasteiger partial charge in [-0.1, -0.05) is 17.7 Å². The summed E-state index contributed by atoms with van der Waals surface area (Å²) in [7, 11) is 0. The minimum absolute atomic E-state index is 0.0607. The number of rotatable bonds is 3. The van der Waals surface area contributed by atoms with E-state index in [1.807, 2.05) is 36.1 Å². The lowest BCUT2D eigenvalue weighted by Gasteiger charge is -2.35. The molecular weight excluding hydrogens is 294 g/mol. The smallest absolute Gasteiger partial charge is 0.309 e. The summed E-state index contributed by atoms with van der Waals surface area (Å²) in [6, 6.07) is 7.63. The molecule has 0 bridgehead atoms. The van der Waals surface area contributed by atoms with Crippen LogP contribution in [0.2, 0.25) is 0 Å². The second-order valence-corrected chi connectivity index (χ2v) is 6.56. The minimum atomic E-state index is -0.759. The minimum Gasteiger partial charge on any atom is -0.481 e. The van der Waals surface area contributed by atoms with Crippen LogP contribution in [0.3, 0.4) is 0 Å². The van der Waals surface area contributed by atoms with Crippen molar-refractivity contribution in [1.29, 1.82) is 0 Å². The molecule has 1 amide bonds. The number of carboxylic acids is 1. The third-order valence-corrected chi connectivity index (χ3v) is 5.04. The van der Waals surface area contributed by atoms with Gasteiger partial charge in [0.25, 0.3) is 5.91 Å². The van der Waals surface area contributed by atoms with E-state index in [1.165, 1.54) is 0 Å². The van der Waals surface area contributed by atoms with E-state index in [4.69, 9.17) is 4.74 Å². The number of carbonyl (C=O) groups is 2. The number of ether oxygens (including phenoxy) is 1. The Morgan fingerprint density at radius 3 is 2.39 bits per heavy atom. The van der Waals surface area contributed by atoms with Crippen LogP contribution in [0, 0.1) is 18.8 Å². The van der Waals surface area contributed by atoms with Gasteiger partial charge in [0.1, 0.15) is 0 Å². The Bertz CT molecular complexity index is 575. The number of carboxylic acid groups (broad SMARTS) is 1. The van der Waals surface area contributed by atoms with Gasteiger partial charge in [-0.15, -0.1) is 0 Å². The molecule has 2 aliphatic rings. The maximum Gasteiger partial charge on any atom is 0.309 e. The van der Waals surface area contributed by atoms with Gasteiger partial charge in [-0.25, -0.2) is 0 Å². The van der Waals surface area contributed by atoms with Crippen molar-refractivity contribution in [3.8, 4) is 0 Å². The predicted octanol–water partition coefficient (Wildman–Crippen LogP) is 2.34. The number of likely N-dealkylation sites (tertiary alicyclic amines) is 1. The molecule has 1 aromatic carbocycles. The van der Waals surface area contributed by atoms with Crippen LogP contribution in [0.4, 0.5) is 0 Å². The first kappa shape index (κ1) is 16.0. The van der Waals surface area contributed by atoms with Crippen LogP contribution in [0.1, 0.15) is 35.2 Å². The van der Waals surface area contributed by atoms with E-state index >= 15 is 0 Å². The average molecular weight is 317 g/mol. The standard InChI is InChI=1S/C18H23NO4/c1-12-2-4-14(5-3-12)17(20)19-9-6-13(7-10-19)16-15(18(21)22)8-11-23-16/h2-5,13,15-16H,6-11H2,1H3,(H,21,22)/t15?,16-/m0/s1. The van der Waals surface area contributed by atoms with E-state index < -0.39 is 5.97 Å². The Morgan fingerprint density at radius 1 is 1.13 bits per heavy atom. The molecule has 1 aromatic rings. The van der Waals surface area contributed by atoms with Crippen molar-refractivity contribution in [3.05, 3.63) is 35.4 Å². The number of aryl methyl sites for hydroxylation is 1. The topological polar surface area (TPSA) is 66.8 Å². The summed E-state index contributed by atoms with van der Waals surface area (Å²) in [6.45, 7) is 3.87. The molecule has 2 heterocycles. The van der Waals surface area contributed by atoms with Gasteiger partial charge in [-0.2, -0.15) is 0 Å². The molecule has 2 atom stereocenters. The monoisotopic (exact) mass is 317 g/mol. The van der Waals surface area contributed by atoms with Crippen LogP contribution >= 0.6 is 0 Å². The number of piperidine rings is 1. The van der Waals surface area contributed by atoms with Gasteiger partial charge < -0.3 is 14.7 Å². The average Bonchev–Trinajstić information content (AvgIpc) is 3.05. The van der Waals surface area contributed by atoms with Crippen LogP contribution in [-0.2, 0) is 9.53 Å². The molecule has 2 aliphatic heterocycles. The third-order valence-electron chi connectivity index (χ3n) is 5.04. The van der Waals surface area contributed by atoms with Gasteiger partial charge >= 0.3 is 5.97 Å². The number of amides is 1. The highest BCUT2D eigenvalue weighted by Crippen LogP contribution is 2.33. The highest BCUT2D eigenvalue weighted by Gasteiger charge is 2.40. The first-order valence-corrected chi connectivity index (χ1v) is 8.26. The number of hydrogen-bond acceptors (Lipinski definition) is 3. The van der Waals surface area contributed by atoms with Crippen molar-refractivity contribution in [1.82, 2.24) is 4.90 Å². The molecular formula is C18H23NO4. The number of carbonyl (C=O) groups excluding carboxylic acids is 1. The number of nitrogens with zero attached hydrogens (tertiary/aromatic N) is 1. The van der Waals surface area contributed by atoms with Gasteiger partial charge in [-0.3, -0.25) is 9.59 Å². The summed E-state index contributed by atoms with van der Waals surface area (Å²) in [4.78, 5) is 25.7. The van der Waals surface area contributed by atoms with Gasteiger partial charge in [0.15, 0.2) is 0 Å². The van der Waals surface area contributed by atoms with Gasteiger partial charge in [0.05, 0.1) is 12.0 Å². The van der Waals surface area contributed by atoms with Crippen molar-refractivity contribution in [2.24, 2.45) is 11.8 Å². The van der Waals surface area contributed by atoms with Gasteiger partial charge in [0.2, 0.25) is 0 Å². The molecule has 0 aliphatic carbocycles. The van der Waals surface area contributed by atoms with Crippen molar-refractivity contribution in [2.75, 3.05) is 19.7 Å². The summed E-state index contributed by atoms with van der Waals surface area (Å²) in [5.41, 5.74) is 1.85. The quantitative estimate of drug-likeness (QED) is 0.929. The predicted molar refractivity (Wildman–Crippen MR) is 85.3 cm³/mol. The van der Waals surface area contributed by atoms with E-state index in [2.05, 4.69) is 0 Å². The van der Waals surface area contributed by atoms with Crippen molar-refractivity contribution in [3.63, 3.8) is 0 Å². The molecule has 2 fully saturated rings. The SMILES string of the molecule is Cc1ccc(C(=O)N2CCC([C@@H]3OCCC3C(=O)O)CC2)cc1. The Morgan fingerprint density at radius 2 is 1.78 bits per heavy atom. The van der Waals surface area contributed by atoms with E-state index in [0.717, 1.165) is 24.0 Å². The summed E-state index contributed by atoms with van der Waals surface area (Å²) in [6.07, 6.45) is 2.03. The molecule has 1 unspecified atom stereocenters. The molecule has 0 spiro atoms. The van der Waals surface area contributed by atoms with Gasteiger partial charge in [-0.05, 0) is 44.2 Å². The molecule has 23 heavy (non-hydrogen) atoms. The van der Waals surface area contributed by atoms with Crippen molar-refractivity contribution in [2.45, 2.75) is 32.3 Å². The van der Waals surface area contributed by atoms with E-state index in [0.29, 0.717) is 26.1 Å². The number of benzene rings is 1. The highest BCUT2D eigenvalue weighted by molar-refractivity contribution is 5.94. The zero-order valence-electron chi connectivity index (χ0n) is 13.4. The molecule has 124 valence electrons. The molecule has 2 saturated heterocycles. The van der Waals surface area contributed by atoms with E-state index in [9.17, 15) is 14.7 Å². The Balaban J connectivity index is 1.59. The van der Waals surface area contributed by atoms with Gasteiger partial charge in [0, 0.05) is 25.3 Å². The second kappa shape index (κ2) is 6.71. The molecule has 5 nitrogen and oxygen atoms in total. The van der Waals surface area contributed by atoms with E-state index in [1.54, 1.807) is 0 Å². The van der Waals surface area contributed by atoms with Crippen molar-refractivity contribution < 1.29 is 19.4 Å². The first-order valence-electron chi connectivity index (χ1n) is 8.26. The molecule has 3 rings (SSSR count). The lowest BCUT2D eigenvalue weighted by Crippen LogP contribution is -2.43. The lowest BCUT2D eigenvalue weighted by molar-refractivity contribution is -0.145. The van der Waals surface area contributed by atoms with Crippen LogP contribution in [0.15, 0.2) is 24.3 Å². The summed E-state index contributed by atoms with van der Waals surface area (Å²) in [5.74, 6) is -0.851. The third kappa shape index (κ3) is 3.39. The first-order chi connectivity index (χ1) is 11.1. The maximum atomic E-state index is 12.5. The Kier molecular flexibility index (Phi) is 4.66. The highest BCUT2D eigenvalue weighted by atomic mass is 16.5. The number of hydrogen-bond donors (Lipinski definition) is 1. The van der Waals surface area contributed by atoms with Crippen LogP contribution in [0.5, 0.6) is 0 Å². The Labute approximate surface area is 136 Å². The fourth-order valence-electron chi connectivity index (χ4n) is 3.65. The molecule has 0 aromatic heterocycles. The lowest BCUT2D eigenvalue weighted by atomic mass is 9.84. The second-order valence-electron chi connectivity index (χ2n) is 6.56. The fraction of sp³-hybridized carbons (Fsp3) is 0.556. The summed E-state index contributed by atoms with van der Waals surface area (Å²) in [5, 5.41) is 9.28. The molecule has 0 radical (unpaired) electrons. The normalized spacial score (nSPS) is 25.5. The van der Waals surface area contributed by atoms with Crippen LogP contribution in [0.25, 0.3) is 0 Å². The molecule has 0 saturated carbocycles. The fourth-order valence-corrected chi connectivity index (χ4v) is 3.65. The number of aliphatic carboxylic acids is 1. The Hall–Kier alpha value is -1.88. The molecule has 5 heteroatoms.